The molecule has 5 nitrogen and oxygen atoms in total. The Morgan fingerprint density at radius 3 is 2.54 bits per heavy atom. The smallest absolute Gasteiger partial charge is 0.232 e. The molecular formula is C22H28N4OS. The van der Waals surface area contributed by atoms with Crippen molar-refractivity contribution in [3.05, 3.63) is 47.8 Å². The van der Waals surface area contributed by atoms with Crippen LogP contribution in [0.15, 0.2) is 41.7 Å². The first-order valence-corrected chi connectivity index (χ1v) is 10.8. The van der Waals surface area contributed by atoms with Gasteiger partial charge < -0.3 is 4.90 Å². The Bertz CT molecular complexity index is 960. The lowest BCUT2D eigenvalue weighted by molar-refractivity contribution is -0.128. The van der Waals surface area contributed by atoms with Gasteiger partial charge in [-0.2, -0.15) is 5.10 Å². The highest BCUT2D eigenvalue weighted by Gasteiger charge is 2.15. The Hall–Kier alpha value is -2.34. The molecule has 148 valence electrons. The molecule has 0 radical (unpaired) electrons. The fourth-order valence-electron chi connectivity index (χ4n) is 3.17. The fourth-order valence-corrected chi connectivity index (χ4v) is 4.05. The quantitative estimate of drug-likeness (QED) is 0.516. The molecule has 1 amide bonds. The highest BCUT2D eigenvalue weighted by molar-refractivity contribution is 8.00. The van der Waals surface area contributed by atoms with E-state index in [-0.39, 0.29) is 5.91 Å². The summed E-state index contributed by atoms with van der Waals surface area (Å²) in [4.78, 5) is 19.0. The maximum absolute atomic E-state index is 12.6. The number of benzene rings is 1. The molecule has 6 heteroatoms. The second-order valence-electron chi connectivity index (χ2n) is 7.06. The summed E-state index contributed by atoms with van der Waals surface area (Å²) >= 11 is 1.49. The van der Waals surface area contributed by atoms with E-state index in [2.05, 4.69) is 56.9 Å². The van der Waals surface area contributed by atoms with Crippen LogP contribution in [0.25, 0.3) is 16.8 Å². The van der Waals surface area contributed by atoms with Crippen LogP contribution in [0.5, 0.6) is 0 Å². The third-order valence-electron chi connectivity index (χ3n) is 4.83. The molecule has 3 rings (SSSR count). The van der Waals surface area contributed by atoms with Crippen LogP contribution in [-0.4, -0.2) is 44.2 Å². The zero-order valence-corrected chi connectivity index (χ0v) is 17.9. The number of nitrogens with zero attached hydrogens (tertiary/aromatic N) is 4. The van der Waals surface area contributed by atoms with Gasteiger partial charge in [0.1, 0.15) is 5.03 Å². The van der Waals surface area contributed by atoms with E-state index in [1.165, 1.54) is 22.9 Å². The molecule has 0 saturated carbocycles. The summed E-state index contributed by atoms with van der Waals surface area (Å²) in [5.41, 5.74) is 5.47. The lowest BCUT2D eigenvalue weighted by Gasteiger charge is -2.21. The number of carbonyl (C=O) groups excluding carboxylic acids is 1. The first-order valence-electron chi connectivity index (χ1n) is 9.86. The van der Waals surface area contributed by atoms with Gasteiger partial charge in [0.25, 0.3) is 0 Å². The molecule has 0 fully saturated rings. The third-order valence-corrected chi connectivity index (χ3v) is 5.81. The molecule has 2 heterocycles. The number of amides is 1. The number of hydrogen-bond donors (Lipinski definition) is 0. The van der Waals surface area contributed by atoms with Crippen LogP contribution in [0.4, 0.5) is 0 Å². The van der Waals surface area contributed by atoms with Crippen LogP contribution in [-0.2, 0) is 4.79 Å². The van der Waals surface area contributed by atoms with Crippen molar-refractivity contribution in [3.63, 3.8) is 0 Å². The predicted octanol–water partition coefficient (Wildman–Crippen LogP) is 4.75. The summed E-state index contributed by atoms with van der Waals surface area (Å²) in [7, 11) is 0. The molecule has 0 spiro atoms. The van der Waals surface area contributed by atoms with Gasteiger partial charge in [0.15, 0.2) is 0 Å². The monoisotopic (exact) mass is 396 g/mol. The minimum absolute atomic E-state index is 0.173. The van der Waals surface area contributed by atoms with E-state index in [4.69, 9.17) is 5.10 Å². The van der Waals surface area contributed by atoms with Crippen LogP contribution in [0.1, 0.15) is 37.8 Å². The molecule has 28 heavy (non-hydrogen) atoms. The topological polar surface area (TPSA) is 50.5 Å². The van der Waals surface area contributed by atoms with Crippen LogP contribution < -0.4 is 0 Å². The first kappa shape index (κ1) is 20.4. The SMILES string of the molecule is CCCN(CCC)C(=O)CSc1nccn2nc(-c3ccc(C)c(C)c3)cc12. The van der Waals surface area contributed by atoms with Gasteiger partial charge in [0.05, 0.1) is 17.0 Å². The number of aromatic nitrogens is 3. The zero-order chi connectivity index (χ0) is 20.1. The van der Waals surface area contributed by atoms with E-state index < -0.39 is 0 Å². The van der Waals surface area contributed by atoms with Crippen molar-refractivity contribution in [2.24, 2.45) is 0 Å². The maximum Gasteiger partial charge on any atom is 0.232 e. The van der Waals surface area contributed by atoms with Crippen LogP contribution >= 0.6 is 11.8 Å². The minimum Gasteiger partial charge on any atom is -0.342 e. The van der Waals surface area contributed by atoms with E-state index in [1.54, 1.807) is 6.20 Å². The Labute approximate surface area is 171 Å². The largest absolute Gasteiger partial charge is 0.342 e. The Balaban J connectivity index is 1.81. The molecule has 0 saturated heterocycles. The molecule has 0 atom stereocenters. The molecule has 0 aliphatic heterocycles. The second-order valence-corrected chi connectivity index (χ2v) is 8.02. The van der Waals surface area contributed by atoms with Crippen LogP contribution in [0.2, 0.25) is 0 Å². The summed E-state index contributed by atoms with van der Waals surface area (Å²) in [6, 6.07) is 8.44. The Morgan fingerprint density at radius 2 is 1.86 bits per heavy atom. The average Bonchev–Trinajstić information content (AvgIpc) is 3.13. The molecule has 0 N–H and O–H groups in total. The second kappa shape index (κ2) is 9.24. The van der Waals surface area contributed by atoms with Gasteiger partial charge in [-0.1, -0.05) is 37.7 Å². The van der Waals surface area contributed by atoms with E-state index in [0.717, 1.165) is 47.7 Å². The highest BCUT2D eigenvalue weighted by Crippen LogP contribution is 2.27. The summed E-state index contributed by atoms with van der Waals surface area (Å²) in [5, 5.41) is 5.54. The van der Waals surface area contributed by atoms with Gasteiger partial charge in [0, 0.05) is 31.0 Å². The number of aryl methyl sites for hydroxylation is 2. The van der Waals surface area contributed by atoms with Crippen molar-refractivity contribution in [3.8, 4) is 11.3 Å². The first-order chi connectivity index (χ1) is 13.5. The van der Waals surface area contributed by atoms with Crippen molar-refractivity contribution < 1.29 is 4.79 Å². The number of thioether (sulfide) groups is 1. The van der Waals surface area contributed by atoms with Crippen molar-refractivity contribution in [2.45, 2.75) is 45.6 Å². The molecular weight excluding hydrogens is 368 g/mol. The molecule has 1 aromatic carbocycles. The normalized spacial score (nSPS) is 11.1. The third kappa shape index (κ3) is 4.55. The Kier molecular flexibility index (Phi) is 6.73. The summed E-state index contributed by atoms with van der Waals surface area (Å²) < 4.78 is 1.85. The van der Waals surface area contributed by atoms with E-state index in [1.807, 2.05) is 15.6 Å². The van der Waals surface area contributed by atoms with Crippen molar-refractivity contribution in [2.75, 3.05) is 18.8 Å². The molecule has 0 unspecified atom stereocenters. The summed E-state index contributed by atoms with van der Waals surface area (Å²) in [6.07, 6.45) is 5.55. The van der Waals surface area contributed by atoms with Crippen LogP contribution in [0.3, 0.4) is 0 Å². The van der Waals surface area contributed by atoms with Gasteiger partial charge in [-0.05, 0) is 49.9 Å². The maximum atomic E-state index is 12.6. The van der Waals surface area contributed by atoms with Gasteiger partial charge in [-0.25, -0.2) is 9.50 Å². The van der Waals surface area contributed by atoms with E-state index >= 15 is 0 Å². The summed E-state index contributed by atoms with van der Waals surface area (Å²) in [6.45, 7) is 10.1. The number of carbonyl (C=O) groups is 1. The minimum atomic E-state index is 0.173. The van der Waals surface area contributed by atoms with E-state index in [9.17, 15) is 4.79 Å². The molecule has 0 aliphatic carbocycles. The highest BCUT2D eigenvalue weighted by atomic mass is 32.2. The van der Waals surface area contributed by atoms with Gasteiger partial charge >= 0.3 is 0 Å². The van der Waals surface area contributed by atoms with Crippen LogP contribution in [0, 0.1) is 13.8 Å². The molecule has 0 aliphatic rings. The number of rotatable bonds is 8. The fraction of sp³-hybridized carbons (Fsp3) is 0.409. The van der Waals surface area contributed by atoms with Gasteiger partial charge in [-0.15, -0.1) is 0 Å². The van der Waals surface area contributed by atoms with Gasteiger partial charge in [0.2, 0.25) is 5.91 Å². The van der Waals surface area contributed by atoms with Crippen molar-refractivity contribution >= 4 is 23.2 Å². The molecule has 0 bridgehead atoms. The summed E-state index contributed by atoms with van der Waals surface area (Å²) in [5.74, 6) is 0.572. The average molecular weight is 397 g/mol. The standard InChI is InChI=1S/C22H28N4OS/c1-5-10-25(11-6-2)21(27)15-28-22-20-14-19(24-26(20)12-9-23-22)18-8-7-16(3)17(4)13-18/h7-9,12-14H,5-6,10-11,15H2,1-4H3. The lowest BCUT2D eigenvalue weighted by atomic mass is 10.0. The molecule has 3 aromatic rings. The Morgan fingerprint density at radius 1 is 1.11 bits per heavy atom. The zero-order valence-electron chi connectivity index (χ0n) is 17.1. The van der Waals surface area contributed by atoms with E-state index in [0.29, 0.717) is 5.75 Å². The number of hydrogen-bond acceptors (Lipinski definition) is 4. The van der Waals surface area contributed by atoms with Crippen molar-refractivity contribution in [1.29, 1.82) is 0 Å². The predicted molar refractivity (Wildman–Crippen MR) is 116 cm³/mol. The van der Waals surface area contributed by atoms with Gasteiger partial charge in [-0.3, -0.25) is 4.79 Å². The number of fused-ring (bicyclic) bond motifs is 1. The lowest BCUT2D eigenvalue weighted by Crippen LogP contribution is -2.33. The van der Waals surface area contributed by atoms with Crippen molar-refractivity contribution in [1.82, 2.24) is 19.5 Å². The molecule has 2 aromatic heterocycles.